The highest BCUT2D eigenvalue weighted by Gasteiger charge is 2.16. The van der Waals surface area contributed by atoms with Crippen LogP contribution >= 0.6 is 23.6 Å². The van der Waals surface area contributed by atoms with Crippen LogP contribution in [0.25, 0.3) is 0 Å². The first-order chi connectivity index (χ1) is 11.0. The van der Waals surface area contributed by atoms with E-state index in [-0.39, 0.29) is 5.97 Å². The molecular weight excluding hydrogens is 332 g/mol. The summed E-state index contributed by atoms with van der Waals surface area (Å²) in [5, 5.41) is 11.6. The largest absolute Gasteiger partial charge is 0.465 e. The smallest absolute Gasteiger partial charge is 0.340 e. The summed E-state index contributed by atoms with van der Waals surface area (Å²) in [5.74, 6) is -0.367. The lowest BCUT2D eigenvalue weighted by Gasteiger charge is -2.10. The number of nitrogens with one attached hydrogen (secondary N) is 2. The van der Waals surface area contributed by atoms with Crippen molar-refractivity contribution in [3.8, 4) is 0 Å². The van der Waals surface area contributed by atoms with Crippen molar-refractivity contribution in [1.29, 1.82) is 0 Å². The summed E-state index contributed by atoms with van der Waals surface area (Å²) in [6.07, 6.45) is 4.75. The molecule has 0 atom stereocenters. The molecule has 2 heterocycles. The van der Waals surface area contributed by atoms with Crippen LogP contribution in [-0.2, 0) is 11.3 Å². The van der Waals surface area contributed by atoms with Gasteiger partial charge in [-0.15, -0.1) is 11.3 Å². The van der Waals surface area contributed by atoms with Gasteiger partial charge in [0.25, 0.3) is 0 Å². The van der Waals surface area contributed by atoms with Gasteiger partial charge >= 0.3 is 5.97 Å². The number of hydrogen-bond acceptors (Lipinski definition) is 5. The molecule has 0 bridgehead atoms. The van der Waals surface area contributed by atoms with Crippen molar-refractivity contribution in [2.24, 2.45) is 0 Å². The van der Waals surface area contributed by atoms with Gasteiger partial charge in [0.15, 0.2) is 5.11 Å². The number of ether oxygens (including phenoxy) is 1. The Balaban J connectivity index is 1.79. The number of methoxy groups -OCH3 is 1. The van der Waals surface area contributed by atoms with Crippen molar-refractivity contribution in [2.45, 2.75) is 26.8 Å². The minimum absolute atomic E-state index is 0.367. The van der Waals surface area contributed by atoms with E-state index < -0.39 is 0 Å². The number of aryl methyl sites for hydroxylation is 3. The zero-order valence-corrected chi connectivity index (χ0v) is 15.0. The summed E-state index contributed by atoms with van der Waals surface area (Å²) in [6.45, 7) is 5.51. The lowest BCUT2D eigenvalue weighted by atomic mass is 10.3. The van der Waals surface area contributed by atoms with Crippen molar-refractivity contribution >= 4 is 39.6 Å². The molecule has 6 nitrogen and oxygen atoms in total. The second kappa shape index (κ2) is 8.07. The molecule has 0 fully saturated rings. The molecule has 0 amide bonds. The van der Waals surface area contributed by atoms with Gasteiger partial charge in [-0.05, 0) is 44.1 Å². The van der Waals surface area contributed by atoms with Crippen molar-refractivity contribution in [1.82, 2.24) is 15.1 Å². The van der Waals surface area contributed by atoms with E-state index in [0.29, 0.717) is 15.7 Å². The average molecular weight is 352 g/mol. The number of carbonyl (C=O) groups is 1. The molecule has 0 spiro atoms. The van der Waals surface area contributed by atoms with Gasteiger partial charge < -0.3 is 15.4 Å². The maximum atomic E-state index is 11.7. The summed E-state index contributed by atoms with van der Waals surface area (Å²) < 4.78 is 6.68. The van der Waals surface area contributed by atoms with E-state index in [4.69, 9.17) is 17.0 Å². The van der Waals surface area contributed by atoms with Gasteiger partial charge in [0.05, 0.1) is 18.9 Å². The summed E-state index contributed by atoms with van der Waals surface area (Å²) >= 11 is 6.74. The number of thiophene rings is 1. The standard InChI is InChI=1S/C15H20N4O2S2/c1-10-8-17-19(9-10)6-4-5-16-15(22)18-13-12(14(20)21-3)7-11(2)23-13/h7-9H,4-6H2,1-3H3,(H2,16,18,22). The number of anilines is 1. The minimum Gasteiger partial charge on any atom is -0.465 e. The zero-order valence-electron chi connectivity index (χ0n) is 13.4. The molecular formula is C15H20N4O2S2. The monoisotopic (exact) mass is 352 g/mol. The molecule has 0 unspecified atom stereocenters. The molecule has 2 aromatic rings. The average Bonchev–Trinajstić information content (AvgIpc) is 3.08. The quantitative estimate of drug-likeness (QED) is 0.473. The van der Waals surface area contributed by atoms with Crippen LogP contribution in [0.4, 0.5) is 5.00 Å². The van der Waals surface area contributed by atoms with E-state index in [1.807, 2.05) is 30.9 Å². The van der Waals surface area contributed by atoms with E-state index >= 15 is 0 Å². The van der Waals surface area contributed by atoms with Crippen LogP contribution in [0.1, 0.15) is 27.2 Å². The van der Waals surface area contributed by atoms with Gasteiger partial charge in [0, 0.05) is 24.2 Å². The molecule has 0 aromatic carbocycles. The number of nitrogens with zero attached hydrogens (tertiary/aromatic N) is 2. The maximum Gasteiger partial charge on any atom is 0.340 e. The summed E-state index contributed by atoms with van der Waals surface area (Å²) in [4.78, 5) is 12.7. The second-order valence-corrected chi connectivity index (χ2v) is 6.77. The Bertz CT molecular complexity index is 693. The summed E-state index contributed by atoms with van der Waals surface area (Å²) in [7, 11) is 1.37. The topological polar surface area (TPSA) is 68.2 Å². The molecule has 2 rings (SSSR count). The highest BCUT2D eigenvalue weighted by Crippen LogP contribution is 2.28. The van der Waals surface area contributed by atoms with Crippen molar-refractivity contribution < 1.29 is 9.53 Å². The Morgan fingerprint density at radius 1 is 1.48 bits per heavy atom. The van der Waals surface area contributed by atoms with Gasteiger partial charge in [-0.25, -0.2) is 4.79 Å². The molecule has 0 radical (unpaired) electrons. The van der Waals surface area contributed by atoms with Crippen LogP contribution < -0.4 is 10.6 Å². The fraction of sp³-hybridized carbons (Fsp3) is 0.400. The number of esters is 1. The van der Waals surface area contributed by atoms with Crippen molar-refractivity contribution in [3.05, 3.63) is 34.5 Å². The fourth-order valence-electron chi connectivity index (χ4n) is 2.05. The summed E-state index contributed by atoms with van der Waals surface area (Å²) in [6, 6.07) is 1.79. The molecule has 2 aromatic heterocycles. The van der Waals surface area contributed by atoms with Crippen LogP contribution in [0.5, 0.6) is 0 Å². The predicted molar refractivity (Wildman–Crippen MR) is 96.2 cm³/mol. The summed E-state index contributed by atoms with van der Waals surface area (Å²) in [5.41, 5.74) is 1.66. The van der Waals surface area contributed by atoms with Crippen LogP contribution in [0.2, 0.25) is 0 Å². The van der Waals surface area contributed by atoms with Crippen molar-refractivity contribution in [2.75, 3.05) is 19.0 Å². The molecule has 0 saturated heterocycles. The first-order valence-corrected chi connectivity index (χ1v) is 8.44. The molecule has 0 aliphatic heterocycles. The third-order valence-electron chi connectivity index (χ3n) is 3.10. The Morgan fingerprint density at radius 3 is 2.91 bits per heavy atom. The SMILES string of the molecule is COC(=O)c1cc(C)sc1NC(=S)NCCCn1cc(C)cn1. The third-order valence-corrected chi connectivity index (χ3v) is 4.31. The van der Waals surface area contributed by atoms with Crippen LogP contribution in [0, 0.1) is 13.8 Å². The molecule has 124 valence electrons. The molecule has 2 N–H and O–H groups in total. The van der Waals surface area contributed by atoms with E-state index in [9.17, 15) is 4.79 Å². The molecule has 0 saturated carbocycles. The second-order valence-electron chi connectivity index (χ2n) is 5.11. The first-order valence-electron chi connectivity index (χ1n) is 7.22. The third kappa shape index (κ3) is 5.04. The Labute approximate surface area is 144 Å². The van der Waals surface area contributed by atoms with E-state index in [0.717, 1.165) is 30.0 Å². The number of thiocarbonyl (C=S) groups is 1. The van der Waals surface area contributed by atoms with Gasteiger partial charge in [-0.2, -0.15) is 5.10 Å². The Hall–Kier alpha value is -1.93. The highest BCUT2D eigenvalue weighted by molar-refractivity contribution is 7.80. The zero-order chi connectivity index (χ0) is 16.8. The molecule has 0 aliphatic carbocycles. The Kier molecular flexibility index (Phi) is 6.12. The normalized spacial score (nSPS) is 10.4. The van der Waals surface area contributed by atoms with Crippen LogP contribution in [-0.4, -0.2) is 34.5 Å². The van der Waals surface area contributed by atoms with E-state index in [1.54, 1.807) is 6.07 Å². The van der Waals surface area contributed by atoms with Gasteiger partial charge in [-0.1, -0.05) is 0 Å². The van der Waals surface area contributed by atoms with E-state index in [1.165, 1.54) is 18.4 Å². The predicted octanol–water partition coefficient (Wildman–Crippen LogP) is 2.72. The van der Waals surface area contributed by atoms with Gasteiger partial charge in [0.1, 0.15) is 5.00 Å². The maximum absolute atomic E-state index is 11.7. The lowest BCUT2D eigenvalue weighted by molar-refractivity contribution is 0.0602. The Morgan fingerprint density at radius 2 is 2.26 bits per heavy atom. The number of carbonyl (C=O) groups excluding carboxylic acids is 1. The van der Waals surface area contributed by atoms with Gasteiger partial charge in [0.2, 0.25) is 0 Å². The number of hydrogen-bond donors (Lipinski definition) is 2. The first kappa shape index (κ1) is 17.4. The van der Waals surface area contributed by atoms with Crippen molar-refractivity contribution in [3.63, 3.8) is 0 Å². The molecule has 8 heteroatoms. The van der Waals surface area contributed by atoms with Crippen LogP contribution in [0.15, 0.2) is 18.5 Å². The van der Waals surface area contributed by atoms with Gasteiger partial charge in [-0.3, -0.25) is 4.68 Å². The fourth-order valence-corrected chi connectivity index (χ4v) is 3.22. The molecule has 0 aliphatic rings. The van der Waals surface area contributed by atoms with Crippen LogP contribution in [0.3, 0.4) is 0 Å². The highest BCUT2D eigenvalue weighted by atomic mass is 32.1. The number of aromatic nitrogens is 2. The lowest BCUT2D eigenvalue weighted by Crippen LogP contribution is -2.30. The van der Waals surface area contributed by atoms with E-state index in [2.05, 4.69) is 15.7 Å². The minimum atomic E-state index is -0.367. The number of rotatable bonds is 6. The molecule has 23 heavy (non-hydrogen) atoms.